The van der Waals surface area contributed by atoms with Crippen LogP contribution in [-0.4, -0.2) is 55.5 Å². The van der Waals surface area contributed by atoms with E-state index in [1.165, 1.54) is 0 Å². The number of aromatic nitrogens is 2. The minimum atomic E-state index is -0.152. The monoisotopic (exact) mass is 284 g/mol. The third-order valence-corrected chi connectivity index (χ3v) is 2.69. The van der Waals surface area contributed by atoms with Crippen molar-refractivity contribution >= 4 is 5.91 Å². The Hall–Kier alpha value is -1.44. The van der Waals surface area contributed by atoms with Gasteiger partial charge in [0.05, 0.1) is 19.5 Å². The summed E-state index contributed by atoms with van der Waals surface area (Å²) < 4.78 is 12.0. The maximum Gasteiger partial charge on any atom is 0.271 e. The van der Waals surface area contributed by atoms with Crippen LogP contribution in [0.15, 0.2) is 12.5 Å². The van der Waals surface area contributed by atoms with E-state index < -0.39 is 0 Å². The van der Waals surface area contributed by atoms with Crippen LogP contribution in [0.25, 0.3) is 0 Å². The van der Waals surface area contributed by atoms with Crippen molar-refractivity contribution in [2.45, 2.75) is 19.4 Å². The molecule has 0 unspecified atom stereocenters. The zero-order chi connectivity index (χ0) is 14.6. The number of carbonyl (C=O) groups is 1. The maximum atomic E-state index is 11.8. The highest BCUT2D eigenvalue weighted by molar-refractivity contribution is 5.91. The van der Waals surface area contributed by atoms with Gasteiger partial charge in [0, 0.05) is 39.5 Å². The van der Waals surface area contributed by atoms with Crippen molar-refractivity contribution in [3.8, 4) is 0 Å². The molecule has 0 saturated heterocycles. The second-order valence-corrected chi connectivity index (χ2v) is 4.35. The molecule has 1 aromatic rings. The molecule has 0 fully saturated rings. The third-order valence-electron chi connectivity index (χ3n) is 2.69. The molecular weight excluding hydrogens is 260 g/mol. The number of hydrogen-bond acceptors (Lipinski definition) is 5. The smallest absolute Gasteiger partial charge is 0.271 e. The first kappa shape index (κ1) is 16.6. The van der Waals surface area contributed by atoms with Crippen LogP contribution in [0.5, 0.6) is 0 Å². The number of amides is 1. The van der Waals surface area contributed by atoms with E-state index in [4.69, 9.17) is 15.2 Å². The average molecular weight is 284 g/mol. The molecule has 0 aromatic carbocycles. The number of unbranched alkanes of at least 4 members (excludes halogenated alkanes) is 1. The van der Waals surface area contributed by atoms with Gasteiger partial charge < -0.3 is 25.1 Å². The van der Waals surface area contributed by atoms with E-state index in [0.29, 0.717) is 45.1 Å². The maximum absolute atomic E-state index is 11.8. The summed E-state index contributed by atoms with van der Waals surface area (Å²) in [7, 11) is 1.65. The molecule has 3 N–H and O–H groups in total. The number of nitrogens with two attached hydrogens (primary N) is 1. The average Bonchev–Trinajstić information content (AvgIpc) is 2.91. The molecule has 1 heterocycles. The molecule has 7 heteroatoms. The highest BCUT2D eigenvalue weighted by atomic mass is 16.5. The number of nitrogens with zero attached hydrogens (tertiary/aromatic N) is 2. The molecule has 0 bridgehead atoms. The highest BCUT2D eigenvalue weighted by Gasteiger charge is 2.07. The van der Waals surface area contributed by atoms with E-state index in [2.05, 4.69) is 10.3 Å². The number of methoxy groups -OCH3 is 1. The van der Waals surface area contributed by atoms with Gasteiger partial charge in [0.15, 0.2) is 0 Å². The predicted molar refractivity (Wildman–Crippen MR) is 75.5 cm³/mol. The van der Waals surface area contributed by atoms with Crippen molar-refractivity contribution in [2.24, 2.45) is 5.73 Å². The van der Waals surface area contributed by atoms with Gasteiger partial charge in [-0.3, -0.25) is 4.79 Å². The summed E-state index contributed by atoms with van der Waals surface area (Å²) in [5, 5.41) is 2.83. The summed E-state index contributed by atoms with van der Waals surface area (Å²) in [4.78, 5) is 15.8. The molecule has 114 valence electrons. The lowest BCUT2D eigenvalue weighted by atomic mass is 10.3. The van der Waals surface area contributed by atoms with Gasteiger partial charge in [0.2, 0.25) is 0 Å². The first-order valence-corrected chi connectivity index (χ1v) is 6.84. The van der Waals surface area contributed by atoms with Crippen LogP contribution in [0.4, 0.5) is 0 Å². The molecule has 0 aliphatic carbocycles. The zero-order valence-corrected chi connectivity index (χ0v) is 12.0. The topological polar surface area (TPSA) is 91.4 Å². The molecule has 1 rings (SSSR count). The summed E-state index contributed by atoms with van der Waals surface area (Å²) in [5.74, 6) is -0.152. The third kappa shape index (κ3) is 6.65. The van der Waals surface area contributed by atoms with E-state index in [1.54, 1.807) is 24.2 Å². The van der Waals surface area contributed by atoms with Gasteiger partial charge in [-0.2, -0.15) is 0 Å². The van der Waals surface area contributed by atoms with Crippen molar-refractivity contribution in [3.63, 3.8) is 0 Å². The zero-order valence-electron chi connectivity index (χ0n) is 12.0. The Balaban J connectivity index is 2.07. The van der Waals surface area contributed by atoms with Crippen molar-refractivity contribution in [1.29, 1.82) is 0 Å². The molecule has 0 radical (unpaired) electrons. The molecule has 1 amide bonds. The first-order chi connectivity index (χ1) is 9.77. The molecule has 7 nitrogen and oxygen atoms in total. The molecule has 0 atom stereocenters. The number of hydrogen-bond donors (Lipinski definition) is 2. The molecule has 0 aliphatic heterocycles. The first-order valence-electron chi connectivity index (χ1n) is 6.84. The second kappa shape index (κ2) is 10.4. The fourth-order valence-corrected chi connectivity index (χ4v) is 1.61. The van der Waals surface area contributed by atoms with Crippen LogP contribution in [0, 0.1) is 0 Å². The van der Waals surface area contributed by atoms with E-state index in [0.717, 1.165) is 12.8 Å². The van der Waals surface area contributed by atoms with E-state index in [9.17, 15) is 4.79 Å². The van der Waals surface area contributed by atoms with Crippen molar-refractivity contribution in [1.82, 2.24) is 14.9 Å². The van der Waals surface area contributed by atoms with Crippen LogP contribution >= 0.6 is 0 Å². The summed E-state index contributed by atoms with van der Waals surface area (Å²) in [6, 6.07) is 0. The minimum Gasteiger partial charge on any atom is -0.382 e. The van der Waals surface area contributed by atoms with Gasteiger partial charge in [-0.1, -0.05) is 0 Å². The van der Waals surface area contributed by atoms with Gasteiger partial charge in [-0.05, 0) is 12.8 Å². The van der Waals surface area contributed by atoms with Gasteiger partial charge in [0.25, 0.3) is 5.91 Å². The lowest BCUT2D eigenvalue weighted by molar-refractivity contribution is 0.0686. The Labute approximate surface area is 119 Å². The molecule has 20 heavy (non-hydrogen) atoms. The van der Waals surface area contributed by atoms with E-state index in [1.807, 2.05) is 0 Å². The molecule has 0 aliphatic rings. The van der Waals surface area contributed by atoms with Crippen LogP contribution in [0.3, 0.4) is 0 Å². The van der Waals surface area contributed by atoms with Crippen LogP contribution in [-0.2, 0) is 16.0 Å². The Morgan fingerprint density at radius 1 is 1.40 bits per heavy atom. The molecule has 0 saturated carbocycles. The Morgan fingerprint density at radius 3 is 3.00 bits per heavy atom. The lowest BCUT2D eigenvalue weighted by Crippen LogP contribution is -2.25. The van der Waals surface area contributed by atoms with Gasteiger partial charge in [0.1, 0.15) is 5.69 Å². The molecule has 1 aromatic heterocycles. The standard InChI is InChI=1S/C13H24N4O3/c1-19-8-9-20-7-3-2-5-15-13(18)12-10-17(6-4-14)11-16-12/h10-11H,2-9,14H2,1H3,(H,15,18). The van der Waals surface area contributed by atoms with Crippen molar-refractivity contribution in [3.05, 3.63) is 18.2 Å². The van der Waals surface area contributed by atoms with E-state index >= 15 is 0 Å². The predicted octanol–water partition coefficient (Wildman–Crippen LogP) is 0.0148. The fraction of sp³-hybridized carbons (Fsp3) is 0.692. The summed E-state index contributed by atoms with van der Waals surface area (Å²) in [6.07, 6.45) is 5.11. The highest BCUT2D eigenvalue weighted by Crippen LogP contribution is 1.96. The minimum absolute atomic E-state index is 0.152. The Morgan fingerprint density at radius 2 is 2.25 bits per heavy atom. The van der Waals surface area contributed by atoms with Gasteiger partial charge >= 0.3 is 0 Å². The normalized spacial score (nSPS) is 10.7. The van der Waals surface area contributed by atoms with Crippen molar-refractivity contribution < 1.29 is 14.3 Å². The molecule has 0 spiro atoms. The van der Waals surface area contributed by atoms with Crippen molar-refractivity contribution in [2.75, 3.05) is 40.0 Å². The fourth-order valence-electron chi connectivity index (χ4n) is 1.61. The quantitative estimate of drug-likeness (QED) is 0.559. The summed E-state index contributed by atoms with van der Waals surface area (Å²) in [5.41, 5.74) is 5.86. The Kier molecular flexibility index (Phi) is 8.61. The molecular formula is C13H24N4O3. The largest absolute Gasteiger partial charge is 0.382 e. The summed E-state index contributed by atoms with van der Waals surface area (Å²) in [6.45, 7) is 3.73. The number of nitrogens with one attached hydrogen (secondary N) is 1. The van der Waals surface area contributed by atoms with Gasteiger partial charge in [-0.15, -0.1) is 0 Å². The van der Waals surface area contributed by atoms with Crippen LogP contribution in [0.2, 0.25) is 0 Å². The van der Waals surface area contributed by atoms with E-state index in [-0.39, 0.29) is 5.91 Å². The second-order valence-electron chi connectivity index (χ2n) is 4.35. The lowest BCUT2D eigenvalue weighted by Gasteiger charge is -2.04. The Bertz CT molecular complexity index is 381. The SMILES string of the molecule is COCCOCCCCNC(=O)c1cn(CCN)cn1. The number of carbonyl (C=O) groups excluding carboxylic acids is 1. The number of imidazole rings is 1. The number of ether oxygens (including phenoxy) is 2. The van der Waals surface area contributed by atoms with Crippen LogP contribution < -0.4 is 11.1 Å². The van der Waals surface area contributed by atoms with Crippen LogP contribution in [0.1, 0.15) is 23.3 Å². The summed E-state index contributed by atoms with van der Waals surface area (Å²) >= 11 is 0. The van der Waals surface area contributed by atoms with Gasteiger partial charge in [-0.25, -0.2) is 4.98 Å². The number of rotatable bonds is 11.